The molecule has 98 valence electrons. The van der Waals surface area contributed by atoms with E-state index in [4.69, 9.17) is 0 Å². The van der Waals surface area contributed by atoms with Gasteiger partial charge < -0.3 is 5.32 Å². The molecular formula is C12H9Br2N3O2. The number of anilines is 1. The number of benzene rings is 1. The Morgan fingerprint density at radius 3 is 2.79 bits per heavy atom. The molecular weight excluding hydrogens is 378 g/mol. The number of nitro groups is 1. The van der Waals surface area contributed by atoms with Crippen LogP contribution in [-0.4, -0.2) is 9.91 Å². The molecule has 0 radical (unpaired) electrons. The van der Waals surface area contributed by atoms with Crippen LogP contribution in [0, 0.1) is 10.1 Å². The fraction of sp³-hybridized carbons (Fsp3) is 0.0833. The van der Waals surface area contributed by atoms with Crippen molar-refractivity contribution in [1.29, 1.82) is 0 Å². The molecule has 0 aliphatic rings. The van der Waals surface area contributed by atoms with E-state index in [1.807, 2.05) is 24.3 Å². The Kier molecular flexibility index (Phi) is 4.49. The zero-order valence-electron chi connectivity index (χ0n) is 9.64. The van der Waals surface area contributed by atoms with Crippen molar-refractivity contribution in [3.05, 3.63) is 61.2 Å². The van der Waals surface area contributed by atoms with E-state index < -0.39 is 4.92 Å². The van der Waals surface area contributed by atoms with Gasteiger partial charge in [0, 0.05) is 17.2 Å². The second kappa shape index (κ2) is 6.12. The van der Waals surface area contributed by atoms with Crippen LogP contribution < -0.4 is 5.32 Å². The average molecular weight is 387 g/mol. The van der Waals surface area contributed by atoms with Gasteiger partial charge in [-0.2, -0.15) is 0 Å². The third kappa shape index (κ3) is 3.51. The van der Waals surface area contributed by atoms with E-state index in [0.717, 1.165) is 10.0 Å². The molecule has 0 fully saturated rings. The zero-order valence-corrected chi connectivity index (χ0v) is 12.8. The summed E-state index contributed by atoms with van der Waals surface area (Å²) in [5.74, 6) is 0.249. The summed E-state index contributed by atoms with van der Waals surface area (Å²) in [5.41, 5.74) is 0.947. The number of nitrogens with zero attached hydrogens (tertiary/aromatic N) is 2. The number of hydrogen-bond donors (Lipinski definition) is 1. The maximum atomic E-state index is 11.0. The Morgan fingerprint density at radius 2 is 2.11 bits per heavy atom. The lowest BCUT2D eigenvalue weighted by Crippen LogP contribution is -2.05. The Labute approximate surface area is 126 Å². The quantitative estimate of drug-likeness (QED) is 0.633. The van der Waals surface area contributed by atoms with Crippen LogP contribution in [-0.2, 0) is 6.54 Å². The second-order valence-corrected chi connectivity index (χ2v) is 5.50. The first-order chi connectivity index (χ1) is 9.08. The average Bonchev–Trinajstić information content (AvgIpc) is 2.36. The topological polar surface area (TPSA) is 68.1 Å². The summed E-state index contributed by atoms with van der Waals surface area (Å²) in [6.45, 7) is 0.462. The highest BCUT2D eigenvalue weighted by molar-refractivity contribution is 9.10. The minimum absolute atomic E-state index is 0.0579. The van der Waals surface area contributed by atoms with Gasteiger partial charge in [-0.3, -0.25) is 10.1 Å². The fourth-order valence-electron chi connectivity index (χ4n) is 1.57. The lowest BCUT2D eigenvalue weighted by Gasteiger charge is -2.07. The van der Waals surface area contributed by atoms with Crippen molar-refractivity contribution in [2.45, 2.75) is 6.54 Å². The lowest BCUT2D eigenvalue weighted by molar-refractivity contribution is -0.385. The lowest BCUT2D eigenvalue weighted by atomic mass is 10.2. The van der Waals surface area contributed by atoms with Crippen LogP contribution in [0.3, 0.4) is 0 Å². The first-order valence-corrected chi connectivity index (χ1v) is 6.94. The number of nitrogens with one attached hydrogen (secondary N) is 1. The van der Waals surface area contributed by atoms with E-state index in [1.54, 1.807) is 6.07 Å². The van der Waals surface area contributed by atoms with E-state index in [0.29, 0.717) is 11.0 Å². The molecule has 19 heavy (non-hydrogen) atoms. The molecule has 2 aromatic rings. The van der Waals surface area contributed by atoms with Crippen LogP contribution in [0.4, 0.5) is 11.5 Å². The third-order valence-electron chi connectivity index (χ3n) is 2.41. The van der Waals surface area contributed by atoms with E-state index in [-0.39, 0.29) is 11.5 Å². The monoisotopic (exact) mass is 385 g/mol. The molecule has 0 spiro atoms. The van der Waals surface area contributed by atoms with Crippen LogP contribution >= 0.6 is 31.9 Å². The number of halogens is 2. The van der Waals surface area contributed by atoms with Crippen molar-refractivity contribution in [1.82, 2.24) is 4.98 Å². The van der Waals surface area contributed by atoms with Gasteiger partial charge in [0.15, 0.2) is 0 Å². The van der Waals surface area contributed by atoms with Crippen molar-refractivity contribution in [3.8, 4) is 0 Å². The summed E-state index contributed by atoms with van der Waals surface area (Å²) in [5, 5.41) is 14.0. The van der Waals surface area contributed by atoms with Crippen molar-refractivity contribution in [3.63, 3.8) is 0 Å². The Hall–Kier alpha value is -1.47. The summed E-state index contributed by atoms with van der Waals surface area (Å²) in [4.78, 5) is 14.5. The molecule has 1 heterocycles. The molecule has 0 saturated heterocycles. The van der Waals surface area contributed by atoms with Crippen molar-refractivity contribution in [2.24, 2.45) is 0 Å². The zero-order chi connectivity index (χ0) is 13.8. The predicted molar refractivity (Wildman–Crippen MR) is 80.1 cm³/mol. The smallest absolute Gasteiger partial charge is 0.325 e. The van der Waals surface area contributed by atoms with Gasteiger partial charge in [0.05, 0.1) is 4.92 Å². The fourth-order valence-corrected chi connectivity index (χ4v) is 2.46. The van der Waals surface area contributed by atoms with Crippen LogP contribution in [0.2, 0.25) is 0 Å². The molecule has 0 aliphatic carbocycles. The maximum Gasteiger partial charge on any atom is 0.325 e. The number of hydrogen-bond acceptors (Lipinski definition) is 4. The highest BCUT2D eigenvalue weighted by Crippen LogP contribution is 2.30. The first-order valence-electron chi connectivity index (χ1n) is 5.35. The molecule has 7 heteroatoms. The SMILES string of the molecule is O=[N+]([O-])c1c(Br)ccnc1NCc1cccc(Br)c1. The van der Waals surface area contributed by atoms with Gasteiger partial charge in [-0.15, -0.1) is 0 Å². The summed E-state index contributed by atoms with van der Waals surface area (Å²) < 4.78 is 1.37. The van der Waals surface area contributed by atoms with E-state index >= 15 is 0 Å². The minimum Gasteiger partial charge on any atom is -0.360 e. The van der Waals surface area contributed by atoms with Gasteiger partial charge >= 0.3 is 5.69 Å². The molecule has 0 amide bonds. The molecule has 1 aromatic carbocycles. The van der Waals surface area contributed by atoms with Crippen LogP contribution in [0.5, 0.6) is 0 Å². The van der Waals surface area contributed by atoms with Crippen molar-refractivity contribution in [2.75, 3.05) is 5.32 Å². The summed E-state index contributed by atoms with van der Waals surface area (Å²) in [7, 11) is 0. The molecule has 0 unspecified atom stereocenters. The highest BCUT2D eigenvalue weighted by Gasteiger charge is 2.19. The summed E-state index contributed by atoms with van der Waals surface area (Å²) in [6.07, 6.45) is 1.51. The molecule has 1 N–H and O–H groups in total. The molecule has 0 aliphatic heterocycles. The second-order valence-electron chi connectivity index (χ2n) is 3.73. The Bertz CT molecular complexity index is 620. The van der Waals surface area contributed by atoms with Gasteiger partial charge in [-0.25, -0.2) is 4.98 Å². The van der Waals surface area contributed by atoms with Gasteiger partial charge in [-0.1, -0.05) is 28.1 Å². The Balaban J connectivity index is 2.20. The van der Waals surface area contributed by atoms with Crippen LogP contribution in [0.15, 0.2) is 45.5 Å². The predicted octanol–water partition coefficient (Wildman–Crippen LogP) is 4.13. The number of aromatic nitrogens is 1. The van der Waals surface area contributed by atoms with E-state index in [2.05, 4.69) is 42.2 Å². The first kappa shape index (κ1) is 14.0. The summed E-state index contributed by atoms with van der Waals surface area (Å²) in [6, 6.07) is 9.24. The molecule has 5 nitrogen and oxygen atoms in total. The normalized spacial score (nSPS) is 10.2. The van der Waals surface area contributed by atoms with Crippen molar-refractivity contribution >= 4 is 43.4 Å². The van der Waals surface area contributed by atoms with Crippen LogP contribution in [0.1, 0.15) is 5.56 Å². The maximum absolute atomic E-state index is 11.0. The third-order valence-corrected chi connectivity index (χ3v) is 3.54. The largest absolute Gasteiger partial charge is 0.360 e. The standard InChI is InChI=1S/C12H9Br2N3O2/c13-9-3-1-2-8(6-9)7-16-12-11(17(18)19)10(14)4-5-15-12/h1-6H,7H2,(H,15,16). The van der Waals surface area contributed by atoms with Crippen molar-refractivity contribution < 1.29 is 4.92 Å². The molecule has 0 bridgehead atoms. The van der Waals surface area contributed by atoms with Gasteiger partial charge in [0.25, 0.3) is 0 Å². The minimum atomic E-state index is -0.458. The molecule has 0 saturated carbocycles. The van der Waals surface area contributed by atoms with Gasteiger partial charge in [-0.05, 0) is 39.7 Å². The highest BCUT2D eigenvalue weighted by atomic mass is 79.9. The van der Waals surface area contributed by atoms with Crippen LogP contribution in [0.25, 0.3) is 0 Å². The van der Waals surface area contributed by atoms with Gasteiger partial charge in [0.1, 0.15) is 4.47 Å². The molecule has 2 rings (SSSR count). The molecule has 1 aromatic heterocycles. The Morgan fingerprint density at radius 1 is 1.32 bits per heavy atom. The van der Waals surface area contributed by atoms with E-state index in [1.165, 1.54) is 6.20 Å². The van der Waals surface area contributed by atoms with E-state index in [9.17, 15) is 10.1 Å². The van der Waals surface area contributed by atoms with Gasteiger partial charge in [0.2, 0.25) is 5.82 Å². The molecule has 0 atom stereocenters. The number of rotatable bonds is 4. The summed E-state index contributed by atoms with van der Waals surface area (Å²) >= 11 is 6.53. The number of pyridine rings is 1.